The van der Waals surface area contributed by atoms with Gasteiger partial charge in [-0.05, 0) is 102 Å². The van der Waals surface area contributed by atoms with Gasteiger partial charge in [-0.15, -0.1) is 48.1 Å². The van der Waals surface area contributed by atoms with Gasteiger partial charge in [-0.1, -0.05) is 204 Å². The fourth-order valence-electron chi connectivity index (χ4n) is 10.2. The van der Waals surface area contributed by atoms with E-state index in [1.807, 2.05) is 88.2 Å². The molecule has 3 heterocycles. The van der Waals surface area contributed by atoms with Crippen LogP contribution in [0.25, 0.3) is 61.0 Å². The molecule has 2 aromatic heterocycles. The molecule has 0 saturated heterocycles. The fourth-order valence-corrected chi connectivity index (χ4v) is 10.2. The number of para-hydroxylation sites is 4. The summed E-state index contributed by atoms with van der Waals surface area (Å²) in [6.45, 7) is 28.0. The van der Waals surface area contributed by atoms with Crippen molar-refractivity contribution in [2.75, 3.05) is 9.80 Å². The van der Waals surface area contributed by atoms with Gasteiger partial charge < -0.3 is 19.1 Å². The SMILES string of the molecule is [2H]c1c([2H])c(-c2cccc(-c3ccc(-c4ccc(C(C)(C)C)cc4)c(C(C)(C)C)c3)c2N2[CH-]N(c3[c-]c(Oc4[c-]c5c(cc4)c4ccccc4n5-c4ccc(C(C)(C)C)cn4)ccc3)c3ccccc32)c([2H])c(C(C)(C)C)c1[2H].[Pt]. The van der Waals surface area contributed by atoms with Crippen LogP contribution in [-0.4, -0.2) is 9.55 Å². The molecule has 0 unspecified atom stereocenters. The van der Waals surface area contributed by atoms with Crippen molar-refractivity contribution in [2.24, 2.45) is 0 Å². The topological polar surface area (TPSA) is 33.5 Å². The first-order chi connectivity index (χ1) is 37.4. The summed E-state index contributed by atoms with van der Waals surface area (Å²) in [5.41, 5.74) is 13.3. The fraction of sp³-hybridized carbons (Fsp3) is 0.229. The molecule has 0 saturated carbocycles. The van der Waals surface area contributed by atoms with E-state index in [4.69, 9.17) is 11.1 Å². The Morgan fingerprint density at radius 3 is 1.83 bits per heavy atom. The van der Waals surface area contributed by atoms with Crippen LogP contribution in [0.4, 0.5) is 22.7 Å². The molecule has 0 N–H and O–H groups in total. The molecule has 386 valence electrons. The Bertz CT molecular complexity index is 4010. The Balaban J connectivity index is 0.00000720. The van der Waals surface area contributed by atoms with Crippen LogP contribution in [0.3, 0.4) is 0 Å². The van der Waals surface area contributed by atoms with Crippen molar-refractivity contribution in [3.63, 3.8) is 0 Å². The number of rotatable bonds is 8. The Kier molecular flexibility index (Phi) is 12.3. The van der Waals surface area contributed by atoms with Gasteiger partial charge in [0.1, 0.15) is 5.82 Å². The normalized spacial score (nSPS) is 13.8. The Morgan fingerprint density at radius 1 is 0.513 bits per heavy atom. The number of benzene rings is 8. The van der Waals surface area contributed by atoms with Gasteiger partial charge in [-0.25, -0.2) is 4.98 Å². The van der Waals surface area contributed by atoms with E-state index in [0.717, 1.165) is 78.2 Å². The zero-order valence-corrected chi connectivity index (χ0v) is 47.9. The maximum Gasteiger partial charge on any atom is 0.135 e. The molecule has 0 spiro atoms. The number of aromatic nitrogens is 2. The van der Waals surface area contributed by atoms with Crippen LogP contribution in [0.2, 0.25) is 0 Å². The Hall–Kier alpha value is -7.20. The van der Waals surface area contributed by atoms with Crippen molar-refractivity contribution in [3.05, 3.63) is 223 Å². The van der Waals surface area contributed by atoms with Crippen LogP contribution in [0.1, 0.15) is 111 Å². The zero-order chi connectivity index (χ0) is 56.1. The third-order valence-electron chi connectivity index (χ3n) is 14.4. The quantitative estimate of drug-likeness (QED) is 0.142. The third kappa shape index (κ3) is 9.91. The molecule has 0 atom stereocenters. The van der Waals surface area contributed by atoms with Crippen LogP contribution >= 0.6 is 0 Å². The first kappa shape index (κ1) is 47.3. The molecule has 0 aliphatic carbocycles. The van der Waals surface area contributed by atoms with Crippen LogP contribution in [-0.2, 0) is 42.7 Å². The largest absolute Gasteiger partial charge is 0.509 e. The van der Waals surface area contributed by atoms with E-state index in [1.54, 1.807) is 0 Å². The molecule has 10 aromatic rings. The summed E-state index contributed by atoms with van der Waals surface area (Å²) in [7, 11) is 0. The molecular weight excluding hydrogens is 1110 g/mol. The number of pyridine rings is 1. The molecule has 76 heavy (non-hydrogen) atoms. The Labute approximate surface area is 471 Å². The minimum atomic E-state index is -0.643. The Morgan fingerprint density at radius 2 is 1.14 bits per heavy atom. The summed E-state index contributed by atoms with van der Waals surface area (Å²) in [5.74, 6) is 1.83. The first-order valence-electron chi connectivity index (χ1n) is 28.0. The number of hydrogen-bond acceptors (Lipinski definition) is 4. The maximum absolute atomic E-state index is 9.86. The van der Waals surface area contributed by atoms with E-state index in [1.165, 1.54) is 11.1 Å². The number of nitrogens with zero attached hydrogens (tertiary/aromatic N) is 4. The molecule has 5 nitrogen and oxygen atoms in total. The monoisotopic (exact) mass is 1180 g/mol. The minimum absolute atomic E-state index is 0. The summed E-state index contributed by atoms with van der Waals surface area (Å²) in [6, 6.07) is 59.2. The summed E-state index contributed by atoms with van der Waals surface area (Å²) in [5, 5.41) is 2.14. The summed E-state index contributed by atoms with van der Waals surface area (Å²) >= 11 is 0. The van der Waals surface area contributed by atoms with Gasteiger partial charge in [0, 0.05) is 72.5 Å². The average molecular weight is 1180 g/mol. The van der Waals surface area contributed by atoms with Gasteiger partial charge in [0.15, 0.2) is 0 Å². The molecule has 1 aliphatic heterocycles. The number of hydrogen-bond donors (Lipinski definition) is 0. The van der Waals surface area contributed by atoms with E-state index in [9.17, 15) is 4.11 Å². The number of fused-ring (bicyclic) bond motifs is 4. The smallest absolute Gasteiger partial charge is 0.135 e. The van der Waals surface area contributed by atoms with Gasteiger partial charge in [0.05, 0.1) is 5.48 Å². The standard InChI is InChI=1S/C70H67N4O.Pt/c1-67(2,3)49-33-30-46(31-34-49)55-37-32-48(41-60(55)70(10,11)12)57-26-19-25-56(47-20-17-21-50(40-47)68(4,5)6)66(57)73-45-72(62-28-15-16-29-63(62)73)52-22-18-23-53(42-52)75-54-36-38-59-58-24-13-14-27-61(58)74(64(59)43-54)65-39-35-51(44-71-65)69(7,8)9;/h13-41,44-45H,1-12H3;/q-3;/i17D,20D,21D,40D;. The van der Waals surface area contributed by atoms with E-state index < -0.39 is 5.41 Å². The molecule has 8 aromatic carbocycles. The van der Waals surface area contributed by atoms with E-state index in [0.29, 0.717) is 28.2 Å². The number of anilines is 4. The van der Waals surface area contributed by atoms with Crippen molar-refractivity contribution in [2.45, 2.75) is 105 Å². The van der Waals surface area contributed by atoms with Crippen molar-refractivity contribution in [3.8, 4) is 50.7 Å². The van der Waals surface area contributed by atoms with E-state index in [2.05, 4.69) is 186 Å². The van der Waals surface area contributed by atoms with Gasteiger partial charge in [0.25, 0.3) is 0 Å². The third-order valence-corrected chi connectivity index (χ3v) is 14.4. The second-order valence-electron chi connectivity index (χ2n) is 24.0. The van der Waals surface area contributed by atoms with Crippen LogP contribution in [0, 0.1) is 18.8 Å². The van der Waals surface area contributed by atoms with E-state index >= 15 is 0 Å². The average Bonchev–Trinajstić information content (AvgIpc) is 4.09. The van der Waals surface area contributed by atoms with Gasteiger partial charge in [-0.3, -0.25) is 0 Å². The molecule has 6 heteroatoms. The molecular formula is C70H67N4OPt-3. The molecule has 1 aliphatic rings. The predicted molar refractivity (Wildman–Crippen MR) is 315 cm³/mol. The number of ether oxygens (including phenoxy) is 1. The second kappa shape index (κ2) is 19.7. The summed E-state index contributed by atoms with van der Waals surface area (Å²) in [4.78, 5) is 9.20. The first-order valence-corrected chi connectivity index (χ1v) is 26.0. The second-order valence-corrected chi connectivity index (χ2v) is 24.0. The van der Waals surface area contributed by atoms with Gasteiger partial charge in [-0.2, -0.15) is 12.1 Å². The summed E-state index contributed by atoms with van der Waals surface area (Å²) in [6.07, 6.45) is 1.96. The van der Waals surface area contributed by atoms with Crippen LogP contribution in [0.15, 0.2) is 182 Å². The maximum atomic E-state index is 9.86. The molecule has 0 bridgehead atoms. The molecule has 0 amide bonds. The minimum Gasteiger partial charge on any atom is -0.509 e. The van der Waals surface area contributed by atoms with Crippen molar-refractivity contribution >= 4 is 44.6 Å². The van der Waals surface area contributed by atoms with Crippen LogP contribution in [0.5, 0.6) is 11.5 Å². The molecule has 0 radical (unpaired) electrons. The van der Waals surface area contributed by atoms with Crippen molar-refractivity contribution < 1.29 is 31.3 Å². The van der Waals surface area contributed by atoms with Crippen molar-refractivity contribution in [1.82, 2.24) is 9.55 Å². The van der Waals surface area contributed by atoms with Gasteiger partial charge in [0.2, 0.25) is 0 Å². The van der Waals surface area contributed by atoms with E-state index in [-0.39, 0.29) is 61.5 Å². The molecule has 11 rings (SSSR count). The van der Waals surface area contributed by atoms with Gasteiger partial charge >= 0.3 is 0 Å². The van der Waals surface area contributed by atoms with Crippen LogP contribution < -0.4 is 14.5 Å². The summed E-state index contributed by atoms with van der Waals surface area (Å²) < 4.78 is 46.5. The van der Waals surface area contributed by atoms with Crippen molar-refractivity contribution in [1.29, 1.82) is 0 Å². The molecule has 0 fully saturated rings. The zero-order valence-electron chi connectivity index (χ0n) is 49.6. The predicted octanol–water partition coefficient (Wildman–Crippen LogP) is 19.2.